The molecule has 3 heteroatoms. The standard InChI is InChI=1S/C14H13Cl2N/c1-3-12-9(2)17-14(8-13(12)16)10-5-4-6-11(15)7-10/h4-8H,3H2,1-2H3. The number of hydrogen-bond acceptors (Lipinski definition) is 1. The Labute approximate surface area is 111 Å². The number of nitrogens with zero attached hydrogens (tertiary/aromatic N) is 1. The molecule has 88 valence electrons. The van der Waals surface area contributed by atoms with E-state index in [1.165, 1.54) is 0 Å². The quantitative estimate of drug-likeness (QED) is 0.751. The molecule has 0 aliphatic heterocycles. The molecule has 0 saturated carbocycles. The van der Waals surface area contributed by atoms with Crippen molar-refractivity contribution >= 4 is 23.2 Å². The highest BCUT2D eigenvalue weighted by Crippen LogP contribution is 2.27. The van der Waals surface area contributed by atoms with Crippen molar-refractivity contribution in [1.29, 1.82) is 0 Å². The van der Waals surface area contributed by atoms with Crippen LogP contribution < -0.4 is 0 Å². The molecule has 2 rings (SSSR count). The van der Waals surface area contributed by atoms with Crippen LogP contribution in [0.3, 0.4) is 0 Å². The largest absolute Gasteiger partial charge is 0.253 e. The molecule has 0 bridgehead atoms. The van der Waals surface area contributed by atoms with Gasteiger partial charge < -0.3 is 0 Å². The van der Waals surface area contributed by atoms with Crippen LogP contribution in [0.25, 0.3) is 11.3 Å². The van der Waals surface area contributed by atoms with Gasteiger partial charge in [0, 0.05) is 21.3 Å². The van der Waals surface area contributed by atoms with Crippen LogP contribution in [0.4, 0.5) is 0 Å². The van der Waals surface area contributed by atoms with Gasteiger partial charge in [0.2, 0.25) is 0 Å². The summed E-state index contributed by atoms with van der Waals surface area (Å²) in [5.41, 5.74) is 3.95. The minimum absolute atomic E-state index is 0.706. The van der Waals surface area contributed by atoms with Gasteiger partial charge in [-0.1, -0.05) is 42.3 Å². The fraction of sp³-hybridized carbons (Fsp3) is 0.214. The molecule has 0 radical (unpaired) electrons. The van der Waals surface area contributed by atoms with Crippen molar-refractivity contribution in [3.05, 3.63) is 51.6 Å². The predicted octanol–water partition coefficient (Wildman–Crippen LogP) is 4.93. The molecule has 1 aromatic carbocycles. The zero-order chi connectivity index (χ0) is 12.4. The molecule has 1 heterocycles. The molecule has 1 aromatic heterocycles. The molecule has 0 unspecified atom stereocenters. The average Bonchev–Trinajstić information content (AvgIpc) is 2.28. The summed E-state index contributed by atoms with van der Waals surface area (Å²) in [6.07, 6.45) is 0.896. The van der Waals surface area contributed by atoms with E-state index in [0.29, 0.717) is 5.02 Å². The maximum Gasteiger partial charge on any atom is 0.0720 e. The highest BCUT2D eigenvalue weighted by molar-refractivity contribution is 6.32. The monoisotopic (exact) mass is 265 g/mol. The lowest BCUT2D eigenvalue weighted by molar-refractivity contribution is 1.05. The van der Waals surface area contributed by atoms with Crippen molar-refractivity contribution < 1.29 is 0 Å². The number of aromatic nitrogens is 1. The summed E-state index contributed by atoms with van der Waals surface area (Å²) >= 11 is 12.2. The molecule has 0 spiro atoms. The Morgan fingerprint density at radius 3 is 2.53 bits per heavy atom. The van der Waals surface area contributed by atoms with E-state index in [1.54, 1.807) is 0 Å². The molecule has 0 amide bonds. The van der Waals surface area contributed by atoms with E-state index >= 15 is 0 Å². The second-order valence-corrected chi connectivity index (χ2v) is 4.76. The number of aryl methyl sites for hydroxylation is 1. The van der Waals surface area contributed by atoms with Gasteiger partial charge in [-0.05, 0) is 37.1 Å². The van der Waals surface area contributed by atoms with E-state index in [9.17, 15) is 0 Å². The topological polar surface area (TPSA) is 12.9 Å². The van der Waals surface area contributed by atoms with Crippen molar-refractivity contribution in [2.24, 2.45) is 0 Å². The molecule has 1 nitrogen and oxygen atoms in total. The van der Waals surface area contributed by atoms with Gasteiger partial charge in [0.15, 0.2) is 0 Å². The number of rotatable bonds is 2. The summed E-state index contributed by atoms with van der Waals surface area (Å²) in [5, 5.41) is 1.48. The zero-order valence-corrected chi connectivity index (χ0v) is 11.3. The Kier molecular flexibility index (Phi) is 3.70. The van der Waals surface area contributed by atoms with Crippen LogP contribution in [0.5, 0.6) is 0 Å². The van der Waals surface area contributed by atoms with Crippen LogP contribution in [0.15, 0.2) is 30.3 Å². The number of pyridine rings is 1. The molecular formula is C14H13Cl2N. The van der Waals surface area contributed by atoms with Gasteiger partial charge in [-0.2, -0.15) is 0 Å². The molecule has 0 aliphatic rings. The van der Waals surface area contributed by atoms with Gasteiger partial charge in [-0.15, -0.1) is 0 Å². The van der Waals surface area contributed by atoms with E-state index in [0.717, 1.165) is 34.0 Å². The molecule has 0 N–H and O–H groups in total. The summed E-state index contributed by atoms with van der Waals surface area (Å²) in [6.45, 7) is 4.06. The van der Waals surface area contributed by atoms with E-state index in [4.69, 9.17) is 23.2 Å². The third-order valence-corrected chi connectivity index (χ3v) is 3.32. The van der Waals surface area contributed by atoms with Gasteiger partial charge in [0.05, 0.1) is 5.69 Å². The third kappa shape index (κ3) is 2.62. The Hall–Kier alpha value is -1.05. The summed E-state index contributed by atoms with van der Waals surface area (Å²) < 4.78 is 0. The summed E-state index contributed by atoms with van der Waals surface area (Å²) in [6, 6.07) is 9.54. The Bertz CT molecular complexity index is 527. The fourth-order valence-corrected chi connectivity index (χ4v) is 2.44. The number of benzene rings is 1. The van der Waals surface area contributed by atoms with Gasteiger partial charge in [-0.25, -0.2) is 0 Å². The average molecular weight is 266 g/mol. The van der Waals surface area contributed by atoms with Gasteiger partial charge >= 0.3 is 0 Å². The molecule has 0 atom stereocenters. The van der Waals surface area contributed by atoms with Crippen molar-refractivity contribution in [2.45, 2.75) is 20.3 Å². The lowest BCUT2D eigenvalue weighted by Gasteiger charge is -2.09. The van der Waals surface area contributed by atoms with Crippen LogP contribution >= 0.6 is 23.2 Å². The summed E-state index contributed by atoms with van der Waals surface area (Å²) in [5.74, 6) is 0. The van der Waals surface area contributed by atoms with Crippen LogP contribution in [-0.2, 0) is 6.42 Å². The molecule has 17 heavy (non-hydrogen) atoms. The summed E-state index contributed by atoms with van der Waals surface area (Å²) in [4.78, 5) is 4.57. The lowest BCUT2D eigenvalue weighted by atomic mass is 10.1. The van der Waals surface area contributed by atoms with Gasteiger partial charge in [-0.3, -0.25) is 4.98 Å². The van der Waals surface area contributed by atoms with Crippen LogP contribution in [0, 0.1) is 6.92 Å². The Morgan fingerprint density at radius 2 is 1.94 bits per heavy atom. The molecule has 0 saturated heterocycles. The van der Waals surface area contributed by atoms with Gasteiger partial charge in [0.25, 0.3) is 0 Å². The van der Waals surface area contributed by atoms with Crippen LogP contribution in [0.2, 0.25) is 10.0 Å². The van der Waals surface area contributed by atoms with Crippen LogP contribution in [-0.4, -0.2) is 4.98 Å². The maximum atomic E-state index is 6.25. The highest BCUT2D eigenvalue weighted by atomic mass is 35.5. The molecular weight excluding hydrogens is 253 g/mol. The first-order chi connectivity index (χ1) is 8.11. The number of halogens is 2. The van der Waals surface area contributed by atoms with Crippen LogP contribution in [0.1, 0.15) is 18.2 Å². The Balaban J connectivity index is 2.54. The first kappa shape index (κ1) is 12.4. The van der Waals surface area contributed by atoms with Crippen molar-refractivity contribution in [2.75, 3.05) is 0 Å². The first-order valence-electron chi connectivity index (χ1n) is 5.53. The predicted molar refractivity (Wildman–Crippen MR) is 73.8 cm³/mol. The lowest BCUT2D eigenvalue weighted by Crippen LogP contribution is -1.95. The molecule has 2 aromatic rings. The second kappa shape index (κ2) is 5.07. The minimum Gasteiger partial charge on any atom is -0.253 e. The van der Waals surface area contributed by atoms with E-state index < -0.39 is 0 Å². The van der Waals surface area contributed by atoms with E-state index in [1.807, 2.05) is 37.3 Å². The van der Waals surface area contributed by atoms with Crippen molar-refractivity contribution in [1.82, 2.24) is 4.98 Å². The second-order valence-electron chi connectivity index (χ2n) is 3.92. The van der Waals surface area contributed by atoms with Gasteiger partial charge in [0.1, 0.15) is 0 Å². The third-order valence-electron chi connectivity index (χ3n) is 2.75. The summed E-state index contributed by atoms with van der Waals surface area (Å²) in [7, 11) is 0. The zero-order valence-electron chi connectivity index (χ0n) is 9.80. The normalized spacial score (nSPS) is 10.6. The molecule has 0 aliphatic carbocycles. The van der Waals surface area contributed by atoms with Crippen molar-refractivity contribution in [3.8, 4) is 11.3 Å². The highest BCUT2D eigenvalue weighted by Gasteiger charge is 2.08. The minimum atomic E-state index is 0.706. The smallest absolute Gasteiger partial charge is 0.0720 e. The fourth-order valence-electron chi connectivity index (χ4n) is 1.88. The first-order valence-corrected chi connectivity index (χ1v) is 6.29. The SMILES string of the molecule is CCc1c(Cl)cc(-c2cccc(Cl)c2)nc1C. The maximum absolute atomic E-state index is 6.25. The van der Waals surface area contributed by atoms with E-state index in [2.05, 4.69) is 11.9 Å². The van der Waals surface area contributed by atoms with E-state index in [-0.39, 0.29) is 0 Å². The van der Waals surface area contributed by atoms with Crippen molar-refractivity contribution in [3.63, 3.8) is 0 Å². The molecule has 0 fully saturated rings. The Morgan fingerprint density at radius 1 is 1.18 bits per heavy atom. The number of hydrogen-bond donors (Lipinski definition) is 0.